The smallest absolute Gasteiger partial charge is 0.243 e. The van der Waals surface area contributed by atoms with E-state index in [0.717, 1.165) is 35.4 Å². The lowest BCUT2D eigenvalue weighted by Gasteiger charge is -2.34. The minimum atomic E-state index is -3.62. The molecule has 0 saturated carbocycles. The molecule has 3 rings (SSSR count). The van der Waals surface area contributed by atoms with E-state index in [1.165, 1.54) is 5.56 Å². The van der Waals surface area contributed by atoms with Gasteiger partial charge in [-0.25, -0.2) is 8.42 Å². The average molecular weight is 435 g/mol. The first-order chi connectivity index (χ1) is 13.7. The molecule has 1 saturated heterocycles. The normalized spacial score (nSPS) is 15.3. The predicted octanol–water partition coefficient (Wildman–Crippen LogP) is 3.90. The first kappa shape index (κ1) is 21.7. The highest BCUT2D eigenvalue weighted by atomic mass is 35.5. The molecule has 156 valence electrons. The summed E-state index contributed by atoms with van der Waals surface area (Å²) < 4.78 is 25.9. The van der Waals surface area contributed by atoms with E-state index in [-0.39, 0.29) is 12.5 Å². The molecule has 1 heterocycles. The average Bonchev–Trinajstić information content (AvgIpc) is 2.68. The lowest BCUT2D eigenvalue weighted by atomic mass is 9.90. The Morgan fingerprint density at radius 3 is 2.41 bits per heavy atom. The van der Waals surface area contributed by atoms with Crippen LogP contribution in [0.4, 0.5) is 5.69 Å². The van der Waals surface area contributed by atoms with Crippen molar-refractivity contribution >= 4 is 33.2 Å². The van der Waals surface area contributed by atoms with Crippen molar-refractivity contribution in [2.75, 3.05) is 30.2 Å². The number of anilines is 1. The summed E-state index contributed by atoms with van der Waals surface area (Å²) in [5.41, 5.74) is 2.53. The van der Waals surface area contributed by atoms with Gasteiger partial charge in [-0.05, 0) is 55.4 Å². The van der Waals surface area contributed by atoms with Crippen LogP contribution < -0.4 is 4.31 Å². The third kappa shape index (κ3) is 5.73. The fraction of sp³-hybridized carbons (Fsp3) is 0.409. The van der Waals surface area contributed by atoms with Gasteiger partial charge in [-0.3, -0.25) is 9.10 Å². The number of nitrogens with zero attached hydrogens (tertiary/aromatic N) is 2. The number of amides is 1. The molecule has 5 nitrogen and oxygen atoms in total. The molecule has 0 N–H and O–H groups in total. The molecule has 1 aliphatic rings. The number of rotatable bonds is 6. The predicted molar refractivity (Wildman–Crippen MR) is 118 cm³/mol. The standard InChI is InChI=1S/C22H27ClN2O3S/c1-17-8-9-20(23)15-21(17)25(29(2,27)28)16-22(26)24-12-10-19(11-13-24)14-18-6-4-3-5-7-18/h3-9,15,19H,10-14,16H2,1-2H3. The largest absolute Gasteiger partial charge is 0.341 e. The maximum absolute atomic E-state index is 12.9. The highest BCUT2D eigenvalue weighted by molar-refractivity contribution is 7.92. The van der Waals surface area contributed by atoms with Gasteiger partial charge in [0.2, 0.25) is 15.9 Å². The quantitative estimate of drug-likeness (QED) is 0.692. The second kappa shape index (κ2) is 9.18. The van der Waals surface area contributed by atoms with E-state index in [4.69, 9.17) is 11.6 Å². The summed E-state index contributed by atoms with van der Waals surface area (Å²) in [4.78, 5) is 14.7. The Bertz CT molecular complexity index is 955. The van der Waals surface area contributed by atoms with Gasteiger partial charge in [-0.2, -0.15) is 0 Å². The maximum atomic E-state index is 12.9. The summed E-state index contributed by atoms with van der Waals surface area (Å²) in [6.45, 7) is 2.91. The second-order valence-electron chi connectivity index (χ2n) is 7.71. The SMILES string of the molecule is Cc1ccc(Cl)cc1N(CC(=O)N1CCC(Cc2ccccc2)CC1)S(C)(=O)=O. The van der Waals surface area contributed by atoms with Crippen molar-refractivity contribution in [2.45, 2.75) is 26.2 Å². The first-order valence-electron chi connectivity index (χ1n) is 9.79. The molecule has 1 amide bonds. The molecule has 0 atom stereocenters. The minimum Gasteiger partial charge on any atom is -0.341 e. The van der Waals surface area contributed by atoms with E-state index in [1.807, 2.05) is 25.1 Å². The Hall–Kier alpha value is -2.05. The minimum absolute atomic E-state index is 0.173. The summed E-state index contributed by atoms with van der Waals surface area (Å²) >= 11 is 6.06. The molecular weight excluding hydrogens is 408 g/mol. The first-order valence-corrected chi connectivity index (χ1v) is 12.0. The maximum Gasteiger partial charge on any atom is 0.243 e. The summed E-state index contributed by atoms with van der Waals surface area (Å²) in [7, 11) is -3.62. The number of aryl methyl sites for hydroxylation is 1. The fourth-order valence-corrected chi connectivity index (χ4v) is 4.85. The zero-order valence-corrected chi connectivity index (χ0v) is 18.4. The van der Waals surface area contributed by atoms with E-state index in [1.54, 1.807) is 23.1 Å². The van der Waals surface area contributed by atoms with Crippen molar-refractivity contribution in [1.82, 2.24) is 4.90 Å². The lowest BCUT2D eigenvalue weighted by Crippen LogP contribution is -2.46. The van der Waals surface area contributed by atoms with Crippen LogP contribution in [0.1, 0.15) is 24.0 Å². The highest BCUT2D eigenvalue weighted by Crippen LogP contribution is 2.27. The van der Waals surface area contributed by atoms with Crippen molar-refractivity contribution in [3.63, 3.8) is 0 Å². The molecule has 0 radical (unpaired) electrons. The summed E-state index contributed by atoms with van der Waals surface area (Å²) in [6.07, 6.45) is 3.98. The molecule has 2 aromatic rings. The van der Waals surface area contributed by atoms with Crippen LogP contribution in [0.5, 0.6) is 0 Å². The van der Waals surface area contributed by atoms with Crippen molar-refractivity contribution in [1.29, 1.82) is 0 Å². The van der Waals surface area contributed by atoms with Gasteiger partial charge in [0.15, 0.2) is 0 Å². The van der Waals surface area contributed by atoms with Gasteiger partial charge in [0.1, 0.15) is 6.54 Å². The van der Waals surface area contributed by atoms with Gasteiger partial charge in [0.25, 0.3) is 0 Å². The summed E-state index contributed by atoms with van der Waals surface area (Å²) in [6, 6.07) is 15.4. The Balaban J connectivity index is 1.64. The van der Waals surface area contributed by atoms with Gasteiger partial charge in [-0.15, -0.1) is 0 Å². The molecular formula is C22H27ClN2O3S. The van der Waals surface area contributed by atoms with Crippen LogP contribution in [-0.2, 0) is 21.2 Å². The summed E-state index contributed by atoms with van der Waals surface area (Å²) in [5.74, 6) is 0.371. The van der Waals surface area contributed by atoms with Gasteiger partial charge < -0.3 is 4.90 Å². The number of carbonyl (C=O) groups is 1. The Kier molecular flexibility index (Phi) is 6.85. The number of piperidine rings is 1. The van der Waals surface area contributed by atoms with E-state index in [9.17, 15) is 13.2 Å². The highest BCUT2D eigenvalue weighted by Gasteiger charge is 2.28. The van der Waals surface area contributed by atoms with Crippen LogP contribution >= 0.6 is 11.6 Å². The molecule has 1 fully saturated rings. The zero-order chi connectivity index (χ0) is 21.0. The van der Waals surface area contributed by atoms with Gasteiger partial charge >= 0.3 is 0 Å². The Labute approximate surface area is 178 Å². The van der Waals surface area contributed by atoms with Crippen LogP contribution in [0.15, 0.2) is 48.5 Å². The molecule has 2 aromatic carbocycles. The Morgan fingerprint density at radius 2 is 1.79 bits per heavy atom. The van der Waals surface area contributed by atoms with Crippen molar-refractivity contribution in [3.05, 3.63) is 64.7 Å². The molecule has 0 aliphatic carbocycles. The molecule has 1 aliphatic heterocycles. The molecule has 0 aromatic heterocycles. The zero-order valence-electron chi connectivity index (χ0n) is 16.8. The topological polar surface area (TPSA) is 57.7 Å². The molecule has 0 unspecified atom stereocenters. The number of benzene rings is 2. The molecule has 0 spiro atoms. The molecule has 7 heteroatoms. The summed E-state index contributed by atoms with van der Waals surface area (Å²) in [5, 5.41) is 0.438. The van der Waals surface area contributed by atoms with Crippen molar-refractivity contribution < 1.29 is 13.2 Å². The molecule has 0 bridgehead atoms. The van der Waals surface area contributed by atoms with Gasteiger partial charge in [0.05, 0.1) is 11.9 Å². The van der Waals surface area contributed by atoms with E-state index in [2.05, 4.69) is 12.1 Å². The van der Waals surface area contributed by atoms with Crippen LogP contribution in [0.25, 0.3) is 0 Å². The van der Waals surface area contributed by atoms with Crippen LogP contribution in [0.2, 0.25) is 5.02 Å². The third-order valence-corrected chi connectivity index (χ3v) is 6.82. The lowest BCUT2D eigenvalue weighted by molar-refractivity contribution is -0.130. The van der Waals surface area contributed by atoms with Crippen LogP contribution in [-0.4, -0.2) is 45.1 Å². The van der Waals surface area contributed by atoms with Crippen molar-refractivity contribution in [3.8, 4) is 0 Å². The number of halogens is 1. The molecule has 29 heavy (non-hydrogen) atoms. The van der Waals surface area contributed by atoms with E-state index in [0.29, 0.717) is 29.7 Å². The number of sulfonamides is 1. The van der Waals surface area contributed by atoms with Crippen LogP contribution in [0, 0.1) is 12.8 Å². The van der Waals surface area contributed by atoms with Crippen molar-refractivity contribution in [2.24, 2.45) is 5.92 Å². The number of hydrogen-bond acceptors (Lipinski definition) is 3. The monoisotopic (exact) mass is 434 g/mol. The second-order valence-corrected chi connectivity index (χ2v) is 10.1. The van der Waals surface area contributed by atoms with Crippen LogP contribution in [0.3, 0.4) is 0 Å². The fourth-order valence-electron chi connectivity index (χ4n) is 3.79. The Morgan fingerprint density at radius 1 is 1.14 bits per heavy atom. The van der Waals surface area contributed by atoms with Gasteiger partial charge in [0, 0.05) is 18.1 Å². The number of carbonyl (C=O) groups excluding carboxylic acids is 1. The van der Waals surface area contributed by atoms with E-state index < -0.39 is 10.0 Å². The van der Waals surface area contributed by atoms with E-state index >= 15 is 0 Å². The number of likely N-dealkylation sites (tertiary alicyclic amines) is 1. The number of hydrogen-bond donors (Lipinski definition) is 0. The third-order valence-electron chi connectivity index (χ3n) is 5.45. The van der Waals surface area contributed by atoms with Gasteiger partial charge in [-0.1, -0.05) is 48.0 Å².